The van der Waals surface area contributed by atoms with Crippen molar-refractivity contribution in [2.75, 3.05) is 18.0 Å². The van der Waals surface area contributed by atoms with Gasteiger partial charge in [-0.05, 0) is 54.7 Å². The molecule has 0 radical (unpaired) electrons. The number of aryl methyl sites for hydroxylation is 1. The third kappa shape index (κ3) is 5.47. The van der Waals surface area contributed by atoms with Crippen molar-refractivity contribution in [3.63, 3.8) is 0 Å². The average molecular weight is 538 g/mol. The lowest BCUT2D eigenvalue weighted by Crippen LogP contribution is -2.45. The van der Waals surface area contributed by atoms with E-state index in [1.165, 1.54) is 0 Å². The second-order valence-electron chi connectivity index (χ2n) is 10.8. The van der Waals surface area contributed by atoms with Crippen LogP contribution in [0.15, 0.2) is 73.1 Å². The summed E-state index contributed by atoms with van der Waals surface area (Å²) in [5, 5.41) is 8.53. The van der Waals surface area contributed by atoms with Crippen molar-refractivity contribution in [1.29, 1.82) is 0 Å². The van der Waals surface area contributed by atoms with Crippen LogP contribution in [0.3, 0.4) is 0 Å². The van der Waals surface area contributed by atoms with Crippen molar-refractivity contribution in [2.24, 2.45) is 0 Å². The summed E-state index contributed by atoms with van der Waals surface area (Å²) in [7, 11) is 0. The predicted molar refractivity (Wildman–Crippen MR) is 153 cm³/mol. The van der Waals surface area contributed by atoms with Crippen LogP contribution in [0.5, 0.6) is 0 Å². The van der Waals surface area contributed by atoms with E-state index in [1.807, 2.05) is 75.3 Å². The van der Waals surface area contributed by atoms with Gasteiger partial charge in [0.25, 0.3) is 0 Å². The zero-order valence-electron chi connectivity index (χ0n) is 22.9. The van der Waals surface area contributed by atoms with Crippen molar-refractivity contribution in [2.45, 2.75) is 64.3 Å². The van der Waals surface area contributed by atoms with Crippen LogP contribution < -0.4 is 4.90 Å². The molecular formula is C31H35N7O2. The van der Waals surface area contributed by atoms with Crippen molar-refractivity contribution in [1.82, 2.24) is 29.8 Å². The van der Waals surface area contributed by atoms with E-state index in [-0.39, 0.29) is 17.9 Å². The predicted octanol–water partition coefficient (Wildman–Crippen LogP) is 4.04. The highest BCUT2D eigenvalue weighted by Crippen LogP contribution is 2.32. The smallest absolute Gasteiger partial charge is 0.224 e. The van der Waals surface area contributed by atoms with Gasteiger partial charge >= 0.3 is 0 Å². The molecule has 2 aromatic carbocycles. The van der Waals surface area contributed by atoms with Gasteiger partial charge in [0.1, 0.15) is 5.52 Å². The fourth-order valence-electron chi connectivity index (χ4n) is 6.27. The molecule has 2 aromatic heterocycles. The Kier molecular flexibility index (Phi) is 7.55. The lowest BCUT2D eigenvalue weighted by Gasteiger charge is -2.34. The highest BCUT2D eigenvalue weighted by molar-refractivity contribution is 5.92. The van der Waals surface area contributed by atoms with Gasteiger partial charge in [0.15, 0.2) is 0 Å². The molecule has 1 fully saturated rings. The van der Waals surface area contributed by atoms with Gasteiger partial charge in [-0.1, -0.05) is 41.6 Å². The largest absolute Gasteiger partial charge is 0.337 e. The summed E-state index contributed by atoms with van der Waals surface area (Å²) in [5.74, 6) is 0.101. The number of carbonyl (C=O) groups excluding carboxylic acids is 2. The molecule has 40 heavy (non-hydrogen) atoms. The van der Waals surface area contributed by atoms with Crippen LogP contribution >= 0.6 is 0 Å². The number of rotatable bonds is 5. The summed E-state index contributed by atoms with van der Waals surface area (Å²) in [5.41, 5.74) is 4.81. The van der Waals surface area contributed by atoms with Gasteiger partial charge < -0.3 is 9.80 Å². The fraction of sp³-hybridized carbons (Fsp3) is 0.387. The summed E-state index contributed by atoms with van der Waals surface area (Å²) < 4.78 is 1.81. The molecule has 1 saturated heterocycles. The van der Waals surface area contributed by atoms with Crippen molar-refractivity contribution >= 4 is 28.5 Å². The van der Waals surface area contributed by atoms with E-state index in [2.05, 4.69) is 26.3 Å². The molecule has 0 saturated carbocycles. The van der Waals surface area contributed by atoms with Gasteiger partial charge in [0, 0.05) is 69.7 Å². The molecule has 2 unspecified atom stereocenters. The SMILES string of the molecule is CC(=O)N1CCC2CCC(CN(C(=O)CCn3nnc4ccccc43)Cc3ccccc31)N2Cc1cccnc1. The van der Waals surface area contributed by atoms with Gasteiger partial charge in [-0.3, -0.25) is 19.5 Å². The van der Waals surface area contributed by atoms with Gasteiger partial charge in [0.05, 0.1) is 12.1 Å². The molecule has 2 bridgehead atoms. The molecule has 2 atom stereocenters. The molecule has 0 N–H and O–H groups in total. The fourth-order valence-corrected chi connectivity index (χ4v) is 6.27. The molecule has 206 valence electrons. The molecule has 6 rings (SSSR count). The van der Waals surface area contributed by atoms with E-state index in [9.17, 15) is 9.59 Å². The molecule has 2 amide bonds. The highest BCUT2D eigenvalue weighted by atomic mass is 16.2. The lowest BCUT2D eigenvalue weighted by atomic mass is 10.1. The molecular weight excluding hydrogens is 502 g/mol. The Balaban J connectivity index is 1.30. The average Bonchev–Trinajstić information content (AvgIpc) is 3.55. The first-order chi connectivity index (χ1) is 19.6. The minimum absolute atomic E-state index is 0.0241. The van der Waals surface area contributed by atoms with Crippen molar-refractivity contribution < 1.29 is 9.59 Å². The van der Waals surface area contributed by atoms with Crippen LogP contribution in [0.4, 0.5) is 5.69 Å². The number of aromatic nitrogens is 4. The maximum atomic E-state index is 13.9. The topological polar surface area (TPSA) is 87.5 Å². The summed E-state index contributed by atoms with van der Waals surface area (Å²) in [6.45, 7) is 4.63. The Morgan fingerprint density at radius 2 is 1.77 bits per heavy atom. The van der Waals surface area contributed by atoms with E-state index in [1.54, 1.807) is 13.1 Å². The Hall–Kier alpha value is -4.11. The van der Waals surface area contributed by atoms with E-state index in [0.29, 0.717) is 38.6 Å². The van der Waals surface area contributed by atoms with Crippen molar-refractivity contribution in [3.8, 4) is 0 Å². The number of para-hydroxylation sites is 2. The number of amides is 2. The third-order valence-corrected chi connectivity index (χ3v) is 8.31. The number of hydrogen-bond acceptors (Lipinski definition) is 6. The quantitative estimate of drug-likeness (QED) is 0.382. The minimum Gasteiger partial charge on any atom is -0.337 e. The second kappa shape index (κ2) is 11.6. The zero-order chi connectivity index (χ0) is 27.5. The van der Waals surface area contributed by atoms with Gasteiger partial charge in [0.2, 0.25) is 11.8 Å². The Morgan fingerprint density at radius 1 is 0.950 bits per heavy atom. The van der Waals surface area contributed by atoms with Crippen LogP contribution in [0.25, 0.3) is 11.0 Å². The van der Waals surface area contributed by atoms with E-state index in [0.717, 1.165) is 53.7 Å². The molecule has 4 aromatic rings. The summed E-state index contributed by atoms with van der Waals surface area (Å²) in [6.07, 6.45) is 7.00. The van der Waals surface area contributed by atoms with Crippen LogP contribution in [-0.4, -0.2) is 66.8 Å². The number of carbonyl (C=O) groups is 2. The number of hydrogen-bond donors (Lipinski definition) is 0. The molecule has 2 aliphatic rings. The third-order valence-electron chi connectivity index (χ3n) is 8.31. The minimum atomic E-state index is 0.0241. The number of pyridine rings is 1. The Morgan fingerprint density at radius 3 is 2.62 bits per heavy atom. The van der Waals surface area contributed by atoms with Gasteiger partial charge in [-0.25, -0.2) is 4.68 Å². The van der Waals surface area contributed by atoms with E-state index >= 15 is 0 Å². The zero-order valence-corrected chi connectivity index (χ0v) is 22.9. The van der Waals surface area contributed by atoms with Crippen LogP contribution in [0.1, 0.15) is 43.7 Å². The normalized spacial score (nSPS) is 19.8. The van der Waals surface area contributed by atoms with Crippen molar-refractivity contribution in [3.05, 3.63) is 84.2 Å². The van der Waals surface area contributed by atoms with Crippen LogP contribution in [0.2, 0.25) is 0 Å². The monoisotopic (exact) mass is 537 g/mol. The molecule has 9 heteroatoms. The van der Waals surface area contributed by atoms with Crippen LogP contribution in [0, 0.1) is 0 Å². The Bertz CT molecular complexity index is 1490. The molecule has 9 nitrogen and oxygen atoms in total. The maximum absolute atomic E-state index is 13.9. The first kappa shape index (κ1) is 26.1. The number of benzene rings is 2. The van der Waals surface area contributed by atoms with Gasteiger partial charge in [-0.2, -0.15) is 0 Å². The number of fused-ring (bicyclic) bond motifs is 4. The lowest BCUT2D eigenvalue weighted by molar-refractivity contribution is -0.133. The summed E-state index contributed by atoms with van der Waals surface area (Å²) >= 11 is 0. The van der Waals surface area contributed by atoms with Gasteiger partial charge in [-0.15, -0.1) is 5.10 Å². The maximum Gasteiger partial charge on any atom is 0.224 e. The Labute approximate surface area is 234 Å². The standard InChI is InChI=1S/C31H35N7O2/c1-23(39)36-17-14-26-12-13-27(37(26)20-24-7-6-16-32-19-24)22-35(21-25-8-2-4-10-29(25)36)31(40)15-18-38-30-11-5-3-9-28(30)33-34-38/h2-11,16,19,26-27H,12-15,17-18,20-22H2,1H3. The first-order valence-electron chi connectivity index (χ1n) is 14.1. The molecule has 0 aliphatic carbocycles. The highest BCUT2D eigenvalue weighted by Gasteiger charge is 2.36. The first-order valence-corrected chi connectivity index (χ1v) is 14.1. The summed E-state index contributed by atoms with van der Waals surface area (Å²) in [4.78, 5) is 37.5. The summed E-state index contributed by atoms with van der Waals surface area (Å²) in [6, 6.07) is 20.5. The molecule has 2 aliphatic heterocycles. The molecule has 0 spiro atoms. The van der Waals surface area contributed by atoms with E-state index < -0.39 is 0 Å². The number of anilines is 1. The van der Waals surface area contributed by atoms with E-state index in [4.69, 9.17) is 0 Å². The second-order valence-corrected chi connectivity index (χ2v) is 10.8. The number of nitrogens with zero attached hydrogens (tertiary/aromatic N) is 7. The van der Waals surface area contributed by atoms with Crippen LogP contribution in [-0.2, 0) is 29.2 Å². The molecule has 4 heterocycles.